The maximum atomic E-state index is 9.28. The summed E-state index contributed by atoms with van der Waals surface area (Å²) in [6.45, 7) is 2.34. The molecule has 0 radical (unpaired) electrons. The molecule has 0 aliphatic carbocycles. The minimum Gasteiger partial charge on any atom is -0.395 e. The monoisotopic (exact) mass is 323 g/mol. The number of thioether (sulfide) groups is 1. The quantitative estimate of drug-likeness (QED) is 0.807. The van der Waals surface area contributed by atoms with E-state index < -0.39 is 0 Å². The van der Waals surface area contributed by atoms with Crippen LogP contribution in [0.25, 0.3) is 0 Å². The van der Waals surface area contributed by atoms with Gasteiger partial charge < -0.3 is 10.4 Å². The summed E-state index contributed by atoms with van der Waals surface area (Å²) in [5.74, 6) is 1.08. The highest BCUT2D eigenvalue weighted by atomic mass is 79.9. The average Bonchev–Trinajstić information content (AvgIpc) is 2.70. The van der Waals surface area contributed by atoms with Crippen molar-refractivity contribution >= 4 is 39.0 Å². The Morgan fingerprint density at radius 2 is 2.31 bits per heavy atom. The van der Waals surface area contributed by atoms with Crippen LogP contribution >= 0.6 is 39.0 Å². The molecule has 0 aliphatic heterocycles. The fourth-order valence-electron chi connectivity index (χ4n) is 1.48. The number of rotatable bonds is 7. The summed E-state index contributed by atoms with van der Waals surface area (Å²) in [7, 11) is 0. The SMILES string of the molecule is CSCCC(CO)NC(C)c1ccc(Br)s1. The van der Waals surface area contributed by atoms with E-state index >= 15 is 0 Å². The lowest BCUT2D eigenvalue weighted by molar-refractivity contribution is 0.231. The molecule has 1 heterocycles. The van der Waals surface area contributed by atoms with E-state index in [1.54, 1.807) is 11.3 Å². The number of aliphatic hydroxyl groups excluding tert-OH is 1. The highest BCUT2D eigenvalue weighted by molar-refractivity contribution is 9.11. The van der Waals surface area contributed by atoms with Gasteiger partial charge in [0.25, 0.3) is 0 Å². The second-order valence-electron chi connectivity index (χ2n) is 3.69. The molecule has 2 nitrogen and oxygen atoms in total. The summed E-state index contributed by atoms with van der Waals surface area (Å²) in [4.78, 5) is 1.30. The third kappa shape index (κ3) is 4.75. The maximum Gasteiger partial charge on any atom is 0.0701 e. The fraction of sp³-hybridized carbons (Fsp3) is 0.636. The molecule has 2 atom stereocenters. The Morgan fingerprint density at radius 1 is 1.56 bits per heavy atom. The molecule has 0 aliphatic rings. The Morgan fingerprint density at radius 3 is 2.81 bits per heavy atom. The molecule has 0 saturated heterocycles. The van der Waals surface area contributed by atoms with Crippen molar-refractivity contribution in [3.05, 3.63) is 20.8 Å². The first-order valence-electron chi connectivity index (χ1n) is 5.28. The molecule has 0 fully saturated rings. The van der Waals surface area contributed by atoms with Crippen molar-refractivity contribution in [1.29, 1.82) is 0 Å². The molecule has 1 rings (SSSR count). The molecule has 5 heteroatoms. The first-order valence-corrected chi connectivity index (χ1v) is 8.28. The fourth-order valence-corrected chi connectivity index (χ4v) is 3.44. The van der Waals surface area contributed by atoms with E-state index in [0.717, 1.165) is 16.0 Å². The molecule has 2 N–H and O–H groups in total. The maximum absolute atomic E-state index is 9.28. The summed E-state index contributed by atoms with van der Waals surface area (Å²) < 4.78 is 1.15. The normalized spacial score (nSPS) is 15.0. The van der Waals surface area contributed by atoms with E-state index in [-0.39, 0.29) is 12.6 Å². The van der Waals surface area contributed by atoms with Crippen molar-refractivity contribution in [2.24, 2.45) is 0 Å². The van der Waals surface area contributed by atoms with Crippen LogP contribution in [0.5, 0.6) is 0 Å². The Kier molecular flexibility index (Phi) is 7.00. The molecule has 0 aromatic carbocycles. The lowest BCUT2D eigenvalue weighted by Crippen LogP contribution is -2.34. The van der Waals surface area contributed by atoms with E-state index in [4.69, 9.17) is 0 Å². The molecule has 0 amide bonds. The van der Waals surface area contributed by atoms with E-state index in [9.17, 15) is 5.11 Å². The molecule has 0 bridgehead atoms. The zero-order valence-corrected chi connectivity index (χ0v) is 12.8. The van der Waals surface area contributed by atoms with Crippen LogP contribution in [0, 0.1) is 0 Å². The molecule has 1 aromatic rings. The van der Waals surface area contributed by atoms with Crippen molar-refractivity contribution in [1.82, 2.24) is 5.32 Å². The average molecular weight is 324 g/mol. The van der Waals surface area contributed by atoms with Crippen LogP contribution in [0.3, 0.4) is 0 Å². The van der Waals surface area contributed by atoms with Gasteiger partial charge in [-0.25, -0.2) is 0 Å². The summed E-state index contributed by atoms with van der Waals surface area (Å²) >= 11 is 7.02. The van der Waals surface area contributed by atoms with Crippen LogP contribution in [0.1, 0.15) is 24.3 Å². The smallest absolute Gasteiger partial charge is 0.0701 e. The van der Waals surface area contributed by atoms with Crippen LogP contribution in [0.2, 0.25) is 0 Å². The van der Waals surface area contributed by atoms with Gasteiger partial charge in [-0.15, -0.1) is 11.3 Å². The number of nitrogens with one attached hydrogen (secondary N) is 1. The van der Waals surface area contributed by atoms with Gasteiger partial charge in [-0.3, -0.25) is 0 Å². The molecule has 1 aromatic heterocycles. The second-order valence-corrected chi connectivity index (χ2v) is 7.17. The minimum atomic E-state index is 0.198. The first kappa shape index (κ1) is 14.5. The van der Waals surface area contributed by atoms with Crippen molar-refractivity contribution in [2.75, 3.05) is 18.6 Å². The molecule has 0 spiro atoms. The number of aliphatic hydroxyl groups is 1. The predicted molar refractivity (Wildman–Crippen MR) is 77.4 cm³/mol. The number of halogens is 1. The third-order valence-corrected chi connectivity index (χ3v) is 4.85. The summed E-state index contributed by atoms with van der Waals surface area (Å²) in [6, 6.07) is 4.68. The van der Waals surface area contributed by atoms with Crippen molar-refractivity contribution in [2.45, 2.75) is 25.4 Å². The Hall–Kier alpha value is 0.450. The summed E-state index contributed by atoms with van der Waals surface area (Å²) in [6.07, 6.45) is 3.10. The van der Waals surface area contributed by atoms with Gasteiger partial charge >= 0.3 is 0 Å². The van der Waals surface area contributed by atoms with Crippen LogP contribution < -0.4 is 5.32 Å². The predicted octanol–water partition coefficient (Wildman–Crippen LogP) is 3.28. The van der Waals surface area contributed by atoms with Crippen LogP contribution in [0.15, 0.2) is 15.9 Å². The Bertz CT molecular complexity index is 306. The van der Waals surface area contributed by atoms with Gasteiger partial charge in [0.15, 0.2) is 0 Å². The highest BCUT2D eigenvalue weighted by Gasteiger charge is 2.13. The van der Waals surface area contributed by atoms with Crippen LogP contribution in [-0.4, -0.2) is 29.8 Å². The zero-order chi connectivity index (χ0) is 12.0. The largest absolute Gasteiger partial charge is 0.395 e. The number of hydrogen-bond donors (Lipinski definition) is 2. The molecular weight excluding hydrogens is 306 g/mol. The van der Waals surface area contributed by atoms with Crippen LogP contribution in [0.4, 0.5) is 0 Å². The standard InChI is InChI=1S/C11H18BrNOS2/c1-8(10-3-4-11(12)16-10)13-9(7-14)5-6-15-2/h3-4,8-9,13-14H,5-7H2,1-2H3. The molecule has 2 unspecified atom stereocenters. The minimum absolute atomic E-state index is 0.198. The Balaban J connectivity index is 2.45. The van der Waals surface area contributed by atoms with Gasteiger partial charge in [0.1, 0.15) is 0 Å². The Labute approximate surface area is 114 Å². The van der Waals surface area contributed by atoms with Crippen molar-refractivity contribution in [3.63, 3.8) is 0 Å². The third-order valence-electron chi connectivity index (χ3n) is 2.40. The summed E-state index contributed by atoms with van der Waals surface area (Å²) in [5, 5.41) is 12.7. The van der Waals surface area contributed by atoms with Gasteiger partial charge in [-0.1, -0.05) is 0 Å². The van der Waals surface area contributed by atoms with Crippen molar-refractivity contribution in [3.8, 4) is 0 Å². The molecule has 16 heavy (non-hydrogen) atoms. The number of thiophene rings is 1. The van der Waals surface area contributed by atoms with E-state index in [2.05, 4.69) is 46.6 Å². The van der Waals surface area contributed by atoms with Gasteiger partial charge in [0.2, 0.25) is 0 Å². The van der Waals surface area contributed by atoms with E-state index in [0.29, 0.717) is 6.04 Å². The molecule has 92 valence electrons. The van der Waals surface area contributed by atoms with Gasteiger partial charge in [0, 0.05) is 17.0 Å². The van der Waals surface area contributed by atoms with Crippen molar-refractivity contribution < 1.29 is 5.11 Å². The van der Waals surface area contributed by atoms with Gasteiger partial charge in [0.05, 0.1) is 10.4 Å². The molecular formula is C11H18BrNOS2. The first-order chi connectivity index (χ1) is 7.67. The zero-order valence-electron chi connectivity index (χ0n) is 9.57. The van der Waals surface area contributed by atoms with E-state index in [1.165, 1.54) is 4.88 Å². The topological polar surface area (TPSA) is 32.3 Å². The highest BCUT2D eigenvalue weighted by Crippen LogP contribution is 2.27. The molecule has 0 saturated carbocycles. The summed E-state index contributed by atoms with van der Waals surface area (Å²) in [5.41, 5.74) is 0. The lowest BCUT2D eigenvalue weighted by atomic mass is 10.2. The van der Waals surface area contributed by atoms with E-state index in [1.807, 2.05) is 11.8 Å². The van der Waals surface area contributed by atoms with Gasteiger partial charge in [-0.05, 0) is 53.4 Å². The lowest BCUT2D eigenvalue weighted by Gasteiger charge is -2.20. The second kappa shape index (κ2) is 7.71. The van der Waals surface area contributed by atoms with Crippen LogP contribution in [-0.2, 0) is 0 Å². The number of hydrogen-bond acceptors (Lipinski definition) is 4. The van der Waals surface area contributed by atoms with Gasteiger partial charge in [-0.2, -0.15) is 11.8 Å².